The normalized spacial score (nSPS) is 19.9. The van der Waals surface area contributed by atoms with Crippen molar-refractivity contribution in [1.82, 2.24) is 15.5 Å². The van der Waals surface area contributed by atoms with Gasteiger partial charge in [0.2, 0.25) is 5.91 Å². The Kier molecular flexibility index (Phi) is 8.25. The van der Waals surface area contributed by atoms with Crippen molar-refractivity contribution >= 4 is 35.8 Å². The van der Waals surface area contributed by atoms with Gasteiger partial charge in [0.1, 0.15) is 6.54 Å². The van der Waals surface area contributed by atoms with E-state index in [0.29, 0.717) is 6.04 Å². The number of nitrogens with zero attached hydrogens (tertiary/aromatic N) is 2. The summed E-state index contributed by atoms with van der Waals surface area (Å²) in [6.07, 6.45) is 7.29. The molecular weight excluding hydrogens is 367 g/mol. The van der Waals surface area contributed by atoms with Crippen molar-refractivity contribution < 1.29 is 4.79 Å². The first-order chi connectivity index (χ1) is 9.29. The van der Waals surface area contributed by atoms with Crippen LogP contribution in [0, 0.1) is 0 Å². The van der Waals surface area contributed by atoms with Crippen LogP contribution < -0.4 is 10.6 Å². The van der Waals surface area contributed by atoms with Gasteiger partial charge < -0.3 is 15.5 Å². The number of amides is 1. The summed E-state index contributed by atoms with van der Waals surface area (Å²) in [6.45, 7) is 4.95. The highest BCUT2D eigenvalue weighted by molar-refractivity contribution is 14.0. The molecule has 2 aliphatic rings. The number of likely N-dealkylation sites (tertiary alicyclic amines) is 1. The number of guanidine groups is 1. The van der Waals surface area contributed by atoms with Crippen LogP contribution in [0.1, 0.15) is 45.4 Å². The molecule has 5 nitrogen and oxygen atoms in total. The molecule has 0 bridgehead atoms. The molecule has 1 aliphatic carbocycles. The van der Waals surface area contributed by atoms with Gasteiger partial charge in [-0.3, -0.25) is 4.79 Å². The Morgan fingerprint density at radius 2 is 1.85 bits per heavy atom. The topological polar surface area (TPSA) is 56.7 Å². The maximum atomic E-state index is 12.0. The van der Waals surface area contributed by atoms with E-state index in [9.17, 15) is 4.79 Å². The SMILES string of the molecule is CCNC(=NCC(=O)N1CCCC1)NC1CCCC1.I. The molecule has 0 spiro atoms. The number of carbonyl (C=O) groups is 1. The van der Waals surface area contributed by atoms with Crippen molar-refractivity contribution in [3.8, 4) is 0 Å². The minimum atomic E-state index is 0. The van der Waals surface area contributed by atoms with Gasteiger partial charge in [-0.25, -0.2) is 4.99 Å². The van der Waals surface area contributed by atoms with E-state index in [1.54, 1.807) is 0 Å². The minimum absolute atomic E-state index is 0. The Hall–Kier alpha value is -0.530. The summed E-state index contributed by atoms with van der Waals surface area (Å²) in [7, 11) is 0. The van der Waals surface area contributed by atoms with E-state index in [2.05, 4.69) is 15.6 Å². The van der Waals surface area contributed by atoms with Gasteiger partial charge >= 0.3 is 0 Å². The molecule has 0 aromatic rings. The van der Waals surface area contributed by atoms with Crippen LogP contribution in [-0.2, 0) is 4.79 Å². The van der Waals surface area contributed by atoms with Crippen molar-refractivity contribution in [3.05, 3.63) is 0 Å². The highest BCUT2D eigenvalue weighted by Gasteiger charge is 2.18. The Morgan fingerprint density at radius 3 is 2.45 bits per heavy atom. The van der Waals surface area contributed by atoms with Crippen LogP contribution in [0.25, 0.3) is 0 Å². The van der Waals surface area contributed by atoms with Crippen LogP contribution in [0.2, 0.25) is 0 Å². The van der Waals surface area contributed by atoms with E-state index in [4.69, 9.17) is 0 Å². The summed E-state index contributed by atoms with van der Waals surface area (Å²) in [5.41, 5.74) is 0. The maximum Gasteiger partial charge on any atom is 0.244 e. The summed E-state index contributed by atoms with van der Waals surface area (Å²) in [5, 5.41) is 6.65. The molecule has 6 heteroatoms. The van der Waals surface area contributed by atoms with Crippen molar-refractivity contribution in [1.29, 1.82) is 0 Å². The average molecular weight is 394 g/mol. The molecule has 2 fully saturated rings. The molecule has 0 radical (unpaired) electrons. The van der Waals surface area contributed by atoms with Gasteiger partial charge in [-0.1, -0.05) is 12.8 Å². The first kappa shape index (κ1) is 17.5. The van der Waals surface area contributed by atoms with Crippen molar-refractivity contribution in [2.45, 2.75) is 51.5 Å². The molecule has 1 heterocycles. The number of rotatable bonds is 4. The van der Waals surface area contributed by atoms with Crippen LogP contribution in [0.15, 0.2) is 4.99 Å². The average Bonchev–Trinajstić information content (AvgIpc) is 3.08. The Labute approximate surface area is 139 Å². The third-order valence-electron chi connectivity index (χ3n) is 3.87. The lowest BCUT2D eigenvalue weighted by Gasteiger charge is -2.18. The maximum absolute atomic E-state index is 12.0. The third-order valence-corrected chi connectivity index (χ3v) is 3.87. The Bertz CT molecular complexity index is 323. The second kappa shape index (κ2) is 9.41. The van der Waals surface area contributed by atoms with Crippen LogP contribution in [0.5, 0.6) is 0 Å². The number of hydrogen-bond acceptors (Lipinski definition) is 2. The van der Waals surface area contributed by atoms with E-state index < -0.39 is 0 Å². The second-order valence-electron chi connectivity index (χ2n) is 5.41. The standard InChI is InChI=1S/C14H26N4O.HI/c1-2-15-14(17-12-7-3-4-8-12)16-11-13(19)18-9-5-6-10-18;/h12H,2-11H2,1H3,(H2,15,16,17);1H. The minimum Gasteiger partial charge on any atom is -0.357 e. The van der Waals surface area contributed by atoms with Crippen LogP contribution >= 0.6 is 24.0 Å². The third kappa shape index (κ3) is 5.46. The van der Waals surface area contributed by atoms with Gasteiger partial charge in [0.15, 0.2) is 5.96 Å². The van der Waals surface area contributed by atoms with Gasteiger partial charge in [0, 0.05) is 25.7 Å². The van der Waals surface area contributed by atoms with E-state index in [-0.39, 0.29) is 36.4 Å². The molecule has 1 saturated carbocycles. The monoisotopic (exact) mass is 394 g/mol. The highest BCUT2D eigenvalue weighted by Crippen LogP contribution is 2.17. The van der Waals surface area contributed by atoms with Gasteiger partial charge in [-0.05, 0) is 32.6 Å². The predicted molar refractivity (Wildman–Crippen MR) is 92.6 cm³/mol. The number of aliphatic imine (C=N–C) groups is 1. The molecule has 116 valence electrons. The molecule has 1 aliphatic heterocycles. The lowest BCUT2D eigenvalue weighted by atomic mass is 10.2. The van der Waals surface area contributed by atoms with E-state index in [0.717, 1.165) is 38.4 Å². The zero-order chi connectivity index (χ0) is 13.5. The summed E-state index contributed by atoms with van der Waals surface area (Å²) < 4.78 is 0. The van der Waals surface area contributed by atoms with Gasteiger partial charge in [-0.2, -0.15) is 0 Å². The van der Waals surface area contributed by atoms with E-state index in [1.807, 2.05) is 11.8 Å². The Morgan fingerprint density at radius 1 is 1.20 bits per heavy atom. The molecule has 2 rings (SSSR count). The van der Waals surface area contributed by atoms with Crippen molar-refractivity contribution in [3.63, 3.8) is 0 Å². The fraction of sp³-hybridized carbons (Fsp3) is 0.857. The molecule has 0 aromatic carbocycles. The molecule has 20 heavy (non-hydrogen) atoms. The molecule has 0 atom stereocenters. The molecule has 1 amide bonds. The fourth-order valence-corrected chi connectivity index (χ4v) is 2.80. The largest absolute Gasteiger partial charge is 0.357 e. The van der Waals surface area contributed by atoms with E-state index in [1.165, 1.54) is 25.7 Å². The summed E-state index contributed by atoms with van der Waals surface area (Å²) in [4.78, 5) is 18.3. The van der Waals surface area contributed by atoms with Crippen molar-refractivity contribution in [2.24, 2.45) is 4.99 Å². The summed E-state index contributed by atoms with van der Waals surface area (Å²) >= 11 is 0. The van der Waals surface area contributed by atoms with Gasteiger partial charge in [0.25, 0.3) is 0 Å². The predicted octanol–water partition coefficient (Wildman–Crippen LogP) is 1.72. The highest BCUT2D eigenvalue weighted by atomic mass is 127. The van der Waals surface area contributed by atoms with E-state index >= 15 is 0 Å². The summed E-state index contributed by atoms with van der Waals surface area (Å²) in [5.74, 6) is 0.947. The zero-order valence-electron chi connectivity index (χ0n) is 12.4. The number of carbonyl (C=O) groups excluding carboxylic acids is 1. The number of nitrogens with one attached hydrogen (secondary N) is 2. The van der Waals surface area contributed by atoms with Crippen LogP contribution in [0.4, 0.5) is 0 Å². The molecule has 1 saturated heterocycles. The van der Waals surface area contributed by atoms with Crippen LogP contribution in [0.3, 0.4) is 0 Å². The molecular formula is C14H27IN4O. The van der Waals surface area contributed by atoms with Crippen LogP contribution in [-0.4, -0.2) is 49.0 Å². The van der Waals surface area contributed by atoms with Gasteiger partial charge in [-0.15, -0.1) is 24.0 Å². The first-order valence-electron chi connectivity index (χ1n) is 7.62. The quantitative estimate of drug-likeness (QED) is 0.434. The smallest absolute Gasteiger partial charge is 0.244 e. The molecule has 0 unspecified atom stereocenters. The second-order valence-corrected chi connectivity index (χ2v) is 5.41. The summed E-state index contributed by atoms with van der Waals surface area (Å²) in [6, 6.07) is 0.527. The molecule has 0 aromatic heterocycles. The zero-order valence-corrected chi connectivity index (χ0v) is 14.7. The lowest BCUT2D eigenvalue weighted by molar-refractivity contribution is -0.128. The number of hydrogen-bond donors (Lipinski definition) is 2. The lowest BCUT2D eigenvalue weighted by Crippen LogP contribution is -2.43. The molecule has 2 N–H and O–H groups in total. The Balaban J connectivity index is 0.00000200. The first-order valence-corrected chi connectivity index (χ1v) is 7.62. The van der Waals surface area contributed by atoms with Gasteiger partial charge in [0.05, 0.1) is 0 Å². The van der Waals surface area contributed by atoms with Crippen molar-refractivity contribution in [2.75, 3.05) is 26.2 Å². The fourth-order valence-electron chi connectivity index (χ4n) is 2.80. The number of halogens is 1.